The highest BCUT2D eigenvalue weighted by molar-refractivity contribution is 7.23. The molecule has 0 aliphatic carbocycles. The van der Waals surface area contributed by atoms with E-state index in [-0.39, 0.29) is 11.7 Å². The maximum absolute atomic E-state index is 12.8. The van der Waals surface area contributed by atoms with Crippen LogP contribution >= 0.6 is 11.3 Å². The molecule has 2 aromatic heterocycles. The first-order valence-corrected chi connectivity index (χ1v) is 12.6. The maximum Gasteiger partial charge on any atom is 0.251 e. The van der Waals surface area contributed by atoms with Gasteiger partial charge >= 0.3 is 0 Å². The monoisotopic (exact) mass is 476 g/mol. The van der Waals surface area contributed by atoms with Crippen molar-refractivity contribution in [1.29, 1.82) is 0 Å². The molecule has 0 aliphatic heterocycles. The molecular weight excluding hydrogens is 444 g/mol. The van der Waals surface area contributed by atoms with Gasteiger partial charge in [-0.25, -0.2) is 4.98 Å². The summed E-state index contributed by atoms with van der Waals surface area (Å²) in [4.78, 5) is 32.7. The minimum absolute atomic E-state index is 0.106. The Labute approximate surface area is 204 Å². The lowest BCUT2D eigenvalue weighted by atomic mass is 10.1. The van der Waals surface area contributed by atoms with Crippen molar-refractivity contribution in [3.8, 4) is 11.3 Å². The van der Waals surface area contributed by atoms with Crippen LogP contribution in [0.15, 0.2) is 48.7 Å². The number of ketones is 1. The highest BCUT2D eigenvalue weighted by Gasteiger charge is 2.16. The molecule has 0 atom stereocenters. The van der Waals surface area contributed by atoms with Crippen LogP contribution in [0.25, 0.3) is 26.4 Å². The number of Topliss-reactive ketones (excluding diaryl/α,β-unsaturated/α-hetero) is 1. The van der Waals surface area contributed by atoms with E-state index in [9.17, 15) is 9.59 Å². The van der Waals surface area contributed by atoms with Crippen LogP contribution in [-0.2, 0) is 0 Å². The van der Waals surface area contributed by atoms with E-state index in [1.54, 1.807) is 30.5 Å². The van der Waals surface area contributed by atoms with Crippen LogP contribution in [0, 0.1) is 0 Å². The number of thiazole rings is 1. The fourth-order valence-electron chi connectivity index (χ4n) is 4.43. The van der Waals surface area contributed by atoms with Crippen molar-refractivity contribution in [2.75, 3.05) is 13.6 Å². The van der Waals surface area contributed by atoms with Crippen molar-refractivity contribution in [3.05, 3.63) is 59.8 Å². The highest BCUT2D eigenvalue weighted by atomic mass is 32.1. The Bertz CT molecular complexity index is 1310. The van der Waals surface area contributed by atoms with Crippen molar-refractivity contribution in [1.82, 2.24) is 19.6 Å². The second kappa shape index (κ2) is 10.1. The molecule has 1 amide bonds. The van der Waals surface area contributed by atoms with E-state index in [2.05, 4.69) is 42.3 Å². The van der Waals surface area contributed by atoms with Gasteiger partial charge in [-0.15, -0.1) is 0 Å². The normalized spacial score (nSPS) is 11.9. The summed E-state index contributed by atoms with van der Waals surface area (Å²) in [6.45, 7) is 9.74. The second-order valence-electron chi connectivity index (χ2n) is 9.17. The van der Waals surface area contributed by atoms with Crippen LogP contribution in [0.3, 0.4) is 0 Å². The molecule has 2 heterocycles. The maximum atomic E-state index is 12.8. The molecule has 4 rings (SSSR count). The van der Waals surface area contributed by atoms with Crippen molar-refractivity contribution in [2.24, 2.45) is 0 Å². The average molecular weight is 477 g/mol. The summed E-state index contributed by atoms with van der Waals surface area (Å²) in [5.41, 5.74) is 4.25. The molecular formula is C27H32N4O2S. The molecule has 2 aromatic carbocycles. The first-order chi connectivity index (χ1) is 16.3. The zero-order valence-electron chi connectivity index (χ0n) is 20.5. The molecule has 34 heavy (non-hydrogen) atoms. The Balaban J connectivity index is 1.49. The van der Waals surface area contributed by atoms with Gasteiger partial charge in [-0.1, -0.05) is 23.5 Å². The van der Waals surface area contributed by atoms with Gasteiger partial charge in [-0.2, -0.15) is 0 Å². The summed E-state index contributed by atoms with van der Waals surface area (Å²) in [5, 5.41) is 2.63. The summed E-state index contributed by atoms with van der Waals surface area (Å²) in [7, 11) is 1.62. The lowest BCUT2D eigenvalue weighted by Gasteiger charge is -2.30. The predicted molar refractivity (Wildman–Crippen MR) is 140 cm³/mol. The largest absolute Gasteiger partial charge is 0.355 e. The summed E-state index contributed by atoms with van der Waals surface area (Å²) < 4.78 is 3.13. The number of amides is 1. The van der Waals surface area contributed by atoms with Crippen molar-refractivity contribution in [3.63, 3.8) is 0 Å². The van der Waals surface area contributed by atoms with Crippen LogP contribution in [0.5, 0.6) is 0 Å². The van der Waals surface area contributed by atoms with E-state index in [0.717, 1.165) is 45.0 Å². The van der Waals surface area contributed by atoms with Crippen LogP contribution in [-0.4, -0.2) is 51.7 Å². The number of hydrogen-bond acceptors (Lipinski definition) is 5. The second-order valence-corrected chi connectivity index (χ2v) is 10.2. The van der Waals surface area contributed by atoms with Gasteiger partial charge in [0.05, 0.1) is 15.9 Å². The standard InChI is InChI=1S/C27H32N4O2S/c1-17(2)30(18(3)4)14-6-7-24(32)21-12-13-23-25(15-21)34-27-29-22(16-31(23)27)19-8-10-20(11-9-19)26(33)28-5/h8-13,15-18H,6-7,14H2,1-5H3,(H,28,33). The minimum atomic E-state index is -0.106. The SMILES string of the molecule is CNC(=O)c1ccc(-c2cn3c(n2)sc2cc(C(=O)CCCN(C(C)C)C(C)C)ccc23)cc1. The van der Waals surface area contributed by atoms with Crippen LogP contribution in [0.1, 0.15) is 61.3 Å². The minimum Gasteiger partial charge on any atom is -0.355 e. The molecule has 0 radical (unpaired) electrons. The fourth-order valence-corrected chi connectivity index (χ4v) is 5.48. The van der Waals surface area contributed by atoms with E-state index in [1.165, 1.54) is 0 Å². The Kier molecular flexibility index (Phi) is 7.14. The van der Waals surface area contributed by atoms with Crippen LogP contribution in [0.4, 0.5) is 0 Å². The quantitative estimate of drug-likeness (QED) is 0.317. The average Bonchev–Trinajstić information content (AvgIpc) is 3.38. The number of aromatic nitrogens is 2. The van der Waals surface area contributed by atoms with Crippen molar-refractivity contribution in [2.45, 2.75) is 52.6 Å². The number of carbonyl (C=O) groups excluding carboxylic acids is 2. The molecule has 0 fully saturated rings. The van der Waals surface area contributed by atoms with Crippen molar-refractivity contribution >= 4 is 38.2 Å². The number of carbonyl (C=O) groups is 2. The Morgan fingerprint density at radius 2 is 1.71 bits per heavy atom. The first kappa shape index (κ1) is 24.1. The Morgan fingerprint density at radius 1 is 1.03 bits per heavy atom. The van der Waals surface area contributed by atoms with Gasteiger partial charge in [0.15, 0.2) is 10.7 Å². The van der Waals surface area contributed by atoms with E-state index in [0.29, 0.717) is 24.1 Å². The van der Waals surface area contributed by atoms with Crippen LogP contribution < -0.4 is 5.32 Å². The zero-order chi connectivity index (χ0) is 24.4. The number of benzene rings is 2. The van der Waals surface area contributed by atoms with Gasteiger partial charge in [0, 0.05) is 48.4 Å². The molecule has 0 saturated heterocycles. The molecule has 7 heteroatoms. The van der Waals surface area contributed by atoms with Gasteiger partial charge in [-0.3, -0.25) is 18.9 Å². The molecule has 0 bridgehead atoms. The van der Waals surface area contributed by atoms with E-state index < -0.39 is 0 Å². The zero-order valence-corrected chi connectivity index (χ0v) is 21.3. The van der Waals surface area contributed by atoms with Crippen LogP contribution in [0.2, 0.25) is 0 Å². The van der Waals surface area contributed by atoms with E-state index >= 15 is 0 Å². The predicted octanol–water partition coefficient (Wildman–Crippen LogP) is 5.66. The van der Waals surface area contributed by atoms with Gasteiger partial charge in [0.1, 0.15) is 0 Å². The number of hydrogen-bond donors (Lipinski definition) is 1. The summed E-state index contributed by atoms with van der Waals surface area (Å²) >= 11 is 1.58. The Hall–Kier alpha value is -3.03. The molecule has 0 spiro atoms. The molecule has 178 valence electrons. The first-order valence-electron chi connectivity index (χ1n) is 11.8. The molecule has 0 unspecified atom stereocenters. The van der Waals surface area contributed by atoms with Gasteiger partial charge in [-0.05, 0) is 71.0 Å². The Morgan fingerprint density at radius 3 is 2.35 bits per heavy atom. The fraction of sp³-hybridized carbons (Fsp3) is 0.370. The third-order valence-electron chi connectivity index (χ3n) is 6.23. The smallest absolute Gasteiger partial charge is 0.251 e. The molecule has 4 aromatic rings. The third-order valence-corrected chi connectivity index (χ3v) is 7.25. The summed E-state index contributed by atoms with van der Waals surface area (Å²) in [6.07, 6.45) is 3.43. The number of nitrogens with zero attached hydrogens (tertiary/aromatic N) is 3. The van der Waals surface area contributed by atoms with Gasteiger partial charge < -0.3 is 5.32 Å². The van der Waals surface area contributed by atoms with Gasteiger partial charge in [0.25, 0.3) is 5.91 Å². The third kappa shape index (κ3) is 4.91. The molecule has 1 N–H and O–H groups in total. The molecule has 0 aliphatic rings. The highest BCUT2D eigenvalue weighted by Crippen LogP contribution is 2.30. The number of rotatable bonds is 9. The number of fused-ring (bicyclic) bond motifs is 3. The topological polar surface area (TPSA) is 66.7 Å². The van der Waals surface area contributed by atoms with E-state index in [4.69, 9.17) is 4.98 Å². The lowest BCUT2D eigenvalue weighted by Crippen LogP contribution is -2.37. The summed E-state index contributed by atoms with van der Waals surface area (Å²) in [5.74, 6) is 0.0863. The van der Waals surface area contributed by atoms with Gasteiger partial charge in [0.2, 0.25) is 0 Å². The molecule has 6 nitrogen and oxygen atoms in total. The number of nitrogens with one attached hydrogen (secondary N) is 1. The summed E-state index contributed by atoms with van der Waals surface area (Å²) in [6, 6.07) is 14.3. The lowest BCUT2D eigenvalue weighted by molar-refractivity contribution is 0.0957. The van der Waals surface area contributed by atoms with Crippen molar-refractivity contribution < 1.29 is 9.59 Å². The molecule has 0 saturated carbocycles. The number of imidazole rings is 1. The van der Waals surface area contributed by atoms with E-state index in [1.807, 2.05) is 36.5 Å².